The zero-order chi connectivity index (χ0) is 18.6. The van der Waals surface area contributed by atoms with Crippen molar-refractivity contribution in [1.82, 2.24) is 14.8 Å². The Hall–Kier alpha value is -2.19. The lowest BCUT2D eigenvalue weighted by Crippen LogP contribution is -2.12. The summed E-state index contributed by atoms with van der Waals surface area (Å²) in [5.41, 5.74) is 0.603. The molecule has 0 aliphatic heterocycles. The first-order chi connectivity index (χ1) is 13.2. The second kappa shape index (κ2) is 8.22. The maximum atomic E-state index is 12.9. The molecular weight excluding hydrogens is 383 g/mol. The van der Waals surface area contributed by atoms with Crippen molar-refractivity contribution < 1.29 is 9.18 Å². The molecule has 4 rings (SSSR count). The number of nitrogens with zero attached hydrogens (tertiary/aromatic N) is 3. The standard InChI is InChI=1S/C19H19FN4OS2/c20-13-3-5-14(6-4-13)21-18(25)9-11-27-19-23-22-17(24(19)15-7-8-15)12-16-2-1-10-26-16/h1-6,10,15H,7-9,11-12H2,(H,21,25). The lowest BCUT2D eigenvalue weighted by molar-refractivity contribution is -0.115. The van der Waals surface area contributed by atoms with Crippen molar-refractivity contribution in [3.8, 4) is 0 Å². The Bertz CT molecular complexity index is 904. The molecule has 27 heavy (non-hydrogen) atoms. The highest BCUT2D eigenvalue weighted by molar-refractivity contribution is 7.99. The van der Waals surface area contributed by atoms with Crippen LogP contribution in [0.2, 0.25) is 0 Å². The molecule has 0 spiro atoms. The van der Waals surface area contributed by atoms with Crippen LogP contribution in [-0.4, -0.2) is 26.4 Å². The van der Waals surface area contributed by atoms with Gasteiger partial charge in [-0.2, -0.15) is 0 Å². The van der Waals surface area contributed by atoms with Gasteiger partial charge in [0.2, 0.25) is 5.91 Å². The number of carbonyl (C=O) groups is 1. The van der Waals surface area contributed by atoms with Crippen molar-refractivity contribution in [2.45, 2.75) is 36.9 Å². The van der Waals surface area contributed by atoms with E-state index in [4.69, 9.17) is 0 Å². The minimum Gasteiger partial charge on any atom is -0.326 e. The van der Waals surface area contributed by atoms with Gasteiger partial charge in [-0.15, -0.1) is 21.5 Å². The topological polar surface area (TPSA) is 59.8 Å². The highest BCUT2D eigenvalue weighted by Crippen LogP contribution is 2.39. The monoisotopic (exact) mass is 402 g/mol. The molecule has 1 N–H and O–H groups in total. The molecule has 0 atom stereocenters. The maximum absolute atomic E-state index is 12.9. The number of thioether (sulfide) groups is 1. The number of carbonyl (C=O) groups excluding carboxylic acids is 1. The minimum atomic E-state index is -0.318. The van der Waals surface area contributed by atoms with Gasteiger partial charge in [0.15, 0.2) is 5.16 Å². The number of anilines is 1. The number of rotatable bonds is 8. The molecule has 1 amide bonds. The molecule has 0 bridgehead atoms. The summed E-state index contributed by atoms with van der Waals surface area (Å²) in [6.07, 6.45) is 3.48. The average molecular weight is 403 g/mol. The van der Waals surface area contributed by atoms with Crippen LogP contribution in [-0.2, 0) is 11.2 Å². The summed E-state index contributed by atoms with van der Waals surface area (Å²) in [6.45, 7) is 0. The average Bonchev–Trinajstić information content (AvgIpc) is 3.21. The molecule has 0 unspecified atom stereocenters. The first-order valence-corrected chi connectivity index (χ1v) is 10.7. The molecule has 2 aromatic heterocycles. The molecule has 1 aliphatic rings. The van der Waals surface area contributed by atoms with Gasteiger partial charge in [-0.05, 0) is 48.6 Å². The van der Waals surface area contributed by atoms with E-state index >= 15 is 0 Å². The normalized spacial score (nSPS) is 13.7. The molecule has 1 fully saturated rings. The number of aromatic nitrogens is 3. The van der Waals surface area contributed by atoms with Crippen LogP contribution in [0.4, 0.5) is 10.1 Å². The fourth-order valence-electron chi connectivity index (χ4n) is 2.79. The van der Waals surface area contributed by atoms with E-state index in [0.29, 0.717) is 23.9 Å². The van der Waals surface area contributed by atoms with Gasteiger partial charge in [0, 0.05) is 35.2 Å². The van der Waals surface area contributed by atoms with Gasteiger partial charge in [-0.25, -0.2) is 4.39 Å². The number of amides is 1. The van der Waals surface area contributed by atoms with Gasteiger partial charge in [-0.3, -0.25) is 4.79 Å². The van der Waals surface area contributed by atoms with Crippen molar-refractivity contribution in [2.75, 3.05) is 11.1 Å². The molecule has 1 aromatic carbocycles. The van der Waals surface area contributed by atoms with Gasteiger partial charge in [0.1, 0.15) is 11.6 Å². The van der Waals surface area contributed by atoms with Crippen LogP contribution in [0.15, 0.2) is 46.9 Å². The van der Waals surface area contributed by atoms with Gasteiger partial charge in [0.05, 0.1) is 0 Å². The molecule has 1 saturated carbocycles. The van der Waals surface area contributed by atoms with E-state index in [9.17, 15) is 9.18 Å². The predicted octanol–water partition coefficient (Wildman–Crippen LogP) is 4.53. The molecule has 3 aromatic rings. The van der Waals surface area contributed by atoms with Crippen LogP contribution >= 0.6 is 23.1 Å². The summed E-state index contributed by atoms with van der Waals surface area (Å²) in [5.74, 6) is 1.21. The van der Waals surface area contributed by atoms with Crippen molar-refractivity contribution in [2.24, 2.45) is 0 Å². The Morgan fingerprint density at radius 3 is 2.78 bits per heavy atom. The summed E-state index contributed by atoms with van der Waals surface area (Å²) >= 11 is 3.29. The molecule has 0 saturated heterocycles. The highest BCUT2D eigenvalue weighted by atomic mass is 32.2. The first-order valence-electron chi connectivity index (χ1n) is 8.83. The van der Waals surface area contributed by atoms with E-state index in [1.54, 1.807) is 35.2 Å². The van der Waals surface area contributed by atoms with E-state index in [2.05, 4.69) is 31.5 Å². The summed E-state index contributed by atoms with van der Waals surface area (Å²) in [5, 5.41) is 14.5. The Labute approximate surface area is 165 Å². The van der Waals surface area contributed by atoms with Crippen molar-refractivity contribution in [1.29, 1.82) is 0 Å². The van der Waals surface area contributed by atoms with Gasteiger partial charge in [0.25, 0.3) is 0 Å². The smallest absolute Gasteiger partial charge is 0.225 e. The number of nitrogens with one attached hydrogen (secondary N) is 1. The summed E-state index contributed by atoms with van der Waals surface area (Å²) in [4.78, 5) is 13.4. The van der Waals surface area contributed by atoms with Crippen LogP contribution in [0.3, 0.4) is 0 Å². The zero-order valence-corrected chi connectivity index (χ0v) is 16.2. The fourth-order valence-corrected chi connectivity index (χ4v) is 4.45. The Balaban J connectivity index is 1.33. The maximum Gasteiger partial charge on any atom is 0.225 e. The van der Waals surface area contributed by atoms with Gasteiger partial charge >= 0.3 is 0 Å². The summed E-state index contributed by atoms with van der Waals surface area (Å²) in [6, 6.07) is 10.4. The quantitative estimate of drug-likeness (QED) is 0.563. The van der Waals surface area contributed by atoms with E-state index in [1.165, 1.54) is 17.0 Å². The molecule has 8 heteroatoms. The van der Waals surface area contributed by atoms with E-state index < -0.39 is 0 Å². The van der Waals surface area contributed by atoms with Gasteiger partial charge < -0.3 is 9.88 Å². The van der Waals surface area contributed by atoms with Crippen LogP contribution in [0, 0.1) is 5.82 Å². The number of hydrogen-bond donors (Lipinski definition) is 1. The van der Waals surface area contributed by atoms with Crippen LogP contribution in [0.1, 0.15) is 36.0 Å². The number of hydrogen-bond acceptors (Lipinski definition) is 5. The SMILES string of the molecule is O=C(CCSc1nnc(Cc2cccs2)n1C1CC1)Nc1ccc(F)cc1. The summed E-state index contributed by atoms with van der Waals surface area (Å²) < 4.78 is 15.2. The predicted molar refractivity (Wildman–Crippen MR) is 106 cm³/mol. The largest absolute Gasteiger partial charge is 0.326 e. The third kappa shape index (κ3) is 4.75. The molecular formula is C19H19FN4OS2. The third-order valence-electron chi connectivity index (χ3n) is 4.25. The molecule has 2 heterocycles. The molecule has 1 aliphatic carbocycles. The highest BCUT2D eigenvalue weighted by Gasteiger charge is 2.29. The first kappa shape index (κ1) is 18.2. The van der Waals surface area contributed by atoms with Crippen LogP contribution in [0.5, 0.6) is 0 Å². The summed E-state index contributed by atoms with van der Waals surface area (Å²) in [7, 11) is 0. The second-order valence-electron chi connectivity index (χ2n) is 6.41. The van der Waals surface area contributed by atoms with Crippen LogP contribution < -0.4 is 5.32 Å². The Morgan fingerprint density at radius 1 is 1.26 bits per heavy atom. The van der Waals surface area contributed by atoms with E-state index in [-0.39, 0.29) is 11.7 Å². The fraction of sp³-hybridized carbons (Fsp3) is 0.316. The molecule has 0 radical (unpaired) electrons. The lowest BCUT2D eigenvalue weighted by atomic mass is 10.3. The zero-order valence-electron chi connectivity index (χ0n) is 14.6. The minimum absolute atomic E-state index is 0.0922. The molecule has 5 nitrogen and oxygen atoms in total. The second-order valence-corrected chi connectivity index (χ2v) is 8.50. The number of thiophene rings is 1. The third-order valence-corrected chi connectivity index (χ3v) is 6.07. The molecule has 140 valence electrons. The Kier molecular flexibility index (Phi) is 5.54. The Morgan fingerprint density at radius 2 is 2.07 bits per heavy atom. The number of halogens is 1. The van der Waals surface area contributed by atoms with Gasteiger partial charge in [-0.1, -0.05) is 17.8 Å². The van der Waals surface area contributed by atoms with Crippen molar-refractivity contribution in [3.05, 3.63) is 58.3 Å². The van der Waals surface area contributed by atoms with E-state index in [0.717, 1.165) is 30.2 Å². The van der Waals surface area contributed by atoms with E-state index in [1.807, 2.05) is 6.07 Å². The number of benzene rings is 1. The lowest BCUT2D eigenvalue weighted by Gasteiger charge is -2.08. The van der Waals surface area contributed by atoms with Crippen molar-refractivity contribution >= 4 is 34.7 Å². The van der Waals surface area contributed by atoms with Crippen molar-refractivity contribution in [3.63, 3.8) is 0 Å². The van der Waals surface area contributed by atoms with Crippen LogP contribution in [0.25, 0.3) is 0 Å².